The van der Waals surface area contributed by atoms with Gasteiger partial charge in [0, 0.05) is 34.1 Å². The van der Waals surface area contributed by atoms with Gasteiger partial charge in [-0.15, -0.1) is 0 Å². The van der Waals surface area contributed by atoms with Crippen molar-refractivity contribution >= 4 is 62.3 Å². The zero-order valence-electron chi connectivity index (χ0n) is 25.8. The number of hydrogen-bond donors (Lipinski definition) is 1. The average Bonchev–Trinajstić information content (AvgIpc) is 3.04. The summed E-state index contributed by atoms with van der Waals surface area (Å²) >= 11 is 19.2. The lowest BCUT2D eigenvalue weighted by Gasteiger charge is -2.34. The second-order valence-corrected chi connectivity index (χ2v) is 14.2. The van der Waals surface area contributed by atoms with E-state index >= 15 is 0 Å². The predicted octanol–water partition coefficient (Wildman–Crippen LogP) is 7.71. The van der Waals surface area contributed by atoms with Gasteiger partial charge in [-0.3, -0.25) is 13.9 Å². The second kappa shape index (κ2) is 15.8. The van der Waals surface area contributed by atoms with Crippen LogP contribution in [-0.4, -0.2) is 43.8 Å². The van der Waals surface area contributed by atoms with Crippen molar-refractivity contribution in [2.75, 3.05) is 10.8 Å². The number of anilines is 1. The molecule has 1 N–H and O–H groups in total. The lowest BCUT2D eigenvalue weighted by atomic mass is 10.0. The highest BCUT2D eigenvalue weighted by molar-refractivity contribution is 7.92. The van der Waals surface area contributed by atoms with Crippen molar-refractivity contribution in [2.24, 2.45) is 0 Å². The van der Waals surface area contributed by atoms with E-state index in [1.54, 1.807) is 55.5 Å². The SMILES string of the molecule is CC[C@H](C)NC(=O)[C@@H](Cc1ccccc1)N(Cc1ccc(Cl)cc1Cl)C(=O)CN(c1ccc(C)c(Cl)c1)S(=O)(=O)c1ccccc1. The summed E-state index contributed by atoms with van der Waals surface area (Å²) in [6.07, 6.45) is 0.861. The van der Waals surface area contributed by atoms with Crippen LogP contribution in [0.5, 0.6) is 0 Å². The lowest BCUT2D eigenvalue weighted by molar-refractivity contribution is -0.140. The minimum absolute atomic E-state index is 0.00198. The van der Waals surface area contributed by atoms with Crippen LogP contribution in [0, 0.1) is 6.92 Å². The predicted molar refractivity (Wildman–Crippen MR) is 186 cm³/mol. The highest BCUT2D eigenvalue weighted by atomic mass is 35.5. The summed E-state index contributed by atoms with van der Waals surface area (Å²) in [7, 11) is -4.24. The fourth-order valence-electron chi connectivity index (χ4n) is 4.81. The molecule has 0 aliphatic heterocycles. The van der Waals surface area contributed by atoms with Gasteiger partial charge in [0.1, 0.15) is 12.6 Å². The Morgan fingerprint density at radius 1 is 0.848 bits per heavy atom. The van der Waals surface area contributed by atoms with E-state index in [2.05, 4.69) is 5.32 Å². The number of sulfonamides is 1. The Hall–Kier alpha value is -3.56. The van der Waals surface area contributed by atoms with E-state index in [0.29, 0.717) is 27.1 Å². The molecule has 0 aliphatic carbocycles. The molecule has 0 unspecified atom stereocenters. The number of carbonyl (C=O) groups is 2. The molecule has 0 fully saturated rings. The van der Waals surface area contributed by atoms with Gasteiger partial charge in [-0.1, -0.05) is 102 Å². The first-order valence-corrected chi connectivity index (χ1v) is 17.4. The molecular weight excluding hydrogens is 665 g/mol. The normalized spacial score (nSPS) is 12.7. The number of halogens is 3. The van der Waals surface area contributed by atoms with Crippen LogP contribution >= 0.6 is 34.8 Å². The van der Waals surface area contributed by atoms with Gasteiger partial charge in [0.25, 0.3) is 10.0 Å². The minimum atomic E-state index is -4.24. The van der Waals surface area contributed by atoms with Gasteiger partial charge in [-0.2, -0.15) is 0 Å². The summed E-state index contributed by atoms with van der Waals surface area (Å²) in [5.41, 5.74) is 2.33. The number of carbonyl (C=O) groups excluding carboxylic acids is 2. The maximum Gasteiger partial charge on any atom is 0.264 e. The Morgan fingerprint density at radius 2 is 1.50 bits per heavy atom. The molecule has 0 aliphatic rings. The molecule has 7 nitrogen and oxygen atoms in total. The molecule has 4 aromatic carbocycles. The Bertz CT molecular complexity index is 1770. The Labute approximate surface area is 286 Å². The topological polar surface area (TPSA) is 86.8 Å². The van der Waals surface area contributed by atoms with Crippen LogP contribution in [0.4, 0.5) is 5.69 Å². The zero-order chi connectivity index (χ0) is 33.4. The van der Waals surface area contributed by atoms with Crippen molar-refractivity contribution in [1.82, 2.24) is 10.2 Å². The summed E-state index contributed by atoms with van der Waals surface area (Å²) in [6.45, 7) is 4.95. The number of nitrogens with zero attached hydrogens (tertiary/aromatic N) is 2. The maximum atomic E-state index is 14.6. The quantitative estimate of drug-likeness (QED) is 0.155. The van der Waals surface area contributed by atoms with Crippen molar-refractivity contribution in [3.05, 3.63) is 129 Å². The lowest BCUT2D eigenvalue weighted by Crippen LogP contribution is -2.54. The van der Waals surface area contributed by atoms with Crippen molar-refractivity contribution in [1.29, 1.82) is 0 Å². The van der Waals surface area contributed by atoms with Gasteiger partial charge in [0.2, 0.25) is 11.8 Å². The van der Waals surface area contributed by atoms with Crippen molar-refractivity contribution in [3.63, 3.8) is 0 Å². The van der Waals surface area contributed by atoms with Gasteiger partial charge < -0.3 is 10.2 Å². The Kier molecular flexibility index (Phi) is 12.1. The minimum Gasteiger partial charge on any atom is -0.352 e. The van der Waals surface area contributed by atoms with E-state index in [1.165, 1.54) is 23.1 Å². The zero-order valence-corrected chi connectivity index (χ0v) is 28.9. The van der Waals surface area contributed by atoms with E-state index < -0.39 is 28.5 Å². The summed E-state index contributed by atoms with van der Waals surface area (Å²) in [6, 6.07) is 25.7. The maximum absolute atomic E-state index is 14.6. The third-order valence-corrected chi connectivity index (χ3v) is 10.5. The van der Waals surface area contributed by atoms with Crippen LogP contribution in [0.15, 0.2) is 102 Å². The molecule has 0 heterocycles. The highest BCUT2D eigenvalue weighted by Gasteiger charge is 2.35. The number of benzene rings is 4. The molecule has 0 saturated heterocycles. The second-order valence-electron chi connectivity index (χ2n) is 11.0. The number of amides is 2. The van der Waals surface area contributed by atoms with Gasteiger partial charge >= 0.3 is 0 Å². The van der Waals surface area contributed by atoms with E-state index in [0.717, 1.165) is 15.4 Å². The van der Waals surface area contributed by atoms with Gasteiger partial charge in [-0.05, 0) is 73.4 Å². The molecule has 46 heavy (non-hydrogen) atoms. The number of rotatable bonds is 13. The smallest absolute Gasteiger partial charge is 0.264 e. The number of hydrogen-bond acceptors (Lipinski definition) is 4. The molecule has 0 spiro atoms. The van der Waals surface area contributed by atoms with Crippen LogP contribution in [0.2, 0.25) is 15.1 Å². The fraction of sp³-hybridized carbons (Fsp3) is 0.257. The standard InChI is InChI=1S/C35H36Cl3N3O4S/c1-4-25(3)39-35(43)33(19-26-11-7-5-8-12-26)40(22-27-16-17-28(36)20-32(27)38)34(42)23-41(29-18-15-24(2)31(37)21-29)46(44,45)30-13-9-6-10-14-30/h5-18,20-21,25,33H,4,19,22-23H2,1-3H3,(H,39,43)/t25-,33+/m0/s1. The Balaban J connectivity index is 1.84. The van der Waals surface area contributed by atoms with Crippen molar-refractivity contribution in [2.45, 2.75) is 57.1 Å². The van der Waals surface area contributed by atoms with Crippen LogP contribution < -0.4 is 9.62 Å². The largest absolute Gasteiger partial charge is 0.352 e. The van der Waals surface area contributed by atoms with Crippen LogP contribution in [0.1, 0.15) is 37.0 Å². The first-order valence-electron chi connectivity index (χ1n) is 14.8. The highest BCUT2D eigenvalue weighted by Crippen LogP contribution is 2.29. The first-order chi connectivity index (χ1) is 21.9. The van der Waals surface area contributed by atoms with Crippen LogP contribution in [-0.2, 0) is 32.6 Å². The van der Waals surface area contributed by atoms with E-state index in [4.69, 9.17) is 34.8 Å². The number of aryl methyl sites for hydroxylation is 1. The molecule has 11 heteroatoms. The molecule has 242 valence electrons. The number of nitrogens with one attached hydrogen (secondary N) is 1. The third-order valence-electron chi connectivity index (χ3n) is 7.68. The molecule has 0 bridgehead atoms. The van der Waals surface area contributed by atoms with Gasteiger partial charge in [0.05, 0.1) is 10.6 Å². The summed E-state index contributed by atoms with van der Waals surface area (Å²) < 4.78 is 29.3. The molecule has 2 amide bonds. The summed E-state index contributed by atoms with van der Waals surface area (Å²) in [4.78, 5) is 29.9. The summed E-state index contributed by atoms with van der Waals surface area (Å²) in [5, 5.41) is 4.08. The van der Waals surface area contributed by atoms with Crippen LogP contribution in [0.25, 0.3) is 0 Å². The van der Waals surface area contributed by atoms with Gasteiger partial charge in [0.15, 0.2) is 0 Å². The summed E-state index contributed by atoms with van der Waals surface area (Å²) in [5.74, 6) is -0.977. The molecule has 4 rings (SSSR count). The molecule has 0 radical (unpaired) electrons. The van der Waals surface area contributed by atoms with Crippen molar-refractivity contribution < 1.29 is 18.0 Å². The molecule has 2 atom stereocenters. The van der Waals surface area contributed by atoms with E-state index in [-0.39, 0.29) is 35.5 Å². The molecular formula is C35H36Cl3N3O4S. The van der Waals surface area contributed by atoms with E-state index in [1.807, 2.05) is 44.2 Å². The molecule has 0 saturated carbocycles. The average molecular weight is 701 g/mol. The first kappa shape index (κ1) is 35.3. The Morgan fingerprint density at radius 3 is 2.11 bits per heavy atom. The van der Waals surface area contributed by atoms with E-state index in [9.17, 15) is 18.0 Å². The fourth-order valence-corrected chi connectivity index (χ4v) is 6.88. The van der Waals surface area contributed by atoms with Crippen LogP contribution in [0.3, 0.4) is 0 Å². The van der Waals surface area contributed by atoms with Crippen molar-refractivity contribution in [3.8, 4) is 0 Å². The molecule has 4 aromatic rings. The monoisotopic (exact) mass is 699 g/mol. The van der Waals surface area contributed by atoms with Gasteiger partial charge in [-0.25, -0.2) is 8.42 Å². The molecule has 0 aromatic heterocycles. The third kappa shape index (κ3) is 8.82.